The summed E-state index contributed by atoms with van der Waals surface area (Å²) >= 11 is 6.95. The molecule has 1 saturated heterocycles. The molecule has 2 heterocycles. The number of amides is 2. The van der Waals surface area contributed by atoms with Crippen LogP contribution in [0.4, 0.5) is 14.9 Å². The van der Waals surface area contributed by atoms with Gasteiger partial charge in [-0.05, 0) is 37.1 Å². The molecule has 0 radical (unpaired) electrons. The Bertz CT molecular complexity index is 1010. The molecule has 1 aromatic carbocycles. The van der Waals surface area contributed by atoms with Gasteiger partial charge in [0.15, 0.2) is 0 Å². The van der Waals surface area contributed by atoms with Crippen LogP contribution < -0.4 is 10.2 Å². The average molecular weight is 439 g/mol. The first kappa shape index (κ1) is 19.7. The molecule has 10 heteroatoms. The van der Waals surface area contributed by atoms with Crippen LogP contribution in [-0.4, -0.2) is 42.3 Å². The summed E-state index contributed by atoms with van der Waals surface area (Å²) in [4.78, 5) is 37.4. The Morgan fingerprint density at radius 2 is 2.10 bits per heavy atom. The van der Waals surface area contributed by atoms with Crippen LogP contribution >= 0.6 is 22.9 Å². The van der Waals surface area contributed by atoms with Crippen molar-refractivity contribution in [2.45, 2.75) is 24.4 Å². The normalized spacial score (nSPS) is 19.7. The number of cyclic esters (lactones) is 1. The summed E-state index contributed by atoms with van der Waals surface area (Å²) in [5.41, 5.74) is -0.762. The van der Waals surface area contributed by atoms with E-state index in [4.69, 9.17) is 16.3 Å². The maximum absolute atomic E-state index is 14.6. The van der Waals surface area contributed by atoms with Gasteiger partial charge < -0.3 is 15.2 Å². The smallest absolute Gasteiger partial charge is 0.414 e. The van der Waals surface area contributed by atoms with Gasteiger partial charge in [0.1, 0.15) is 11.9 Å². The Kier molecular flexibility index (Phi) is 4.95. The number of carbonyl (C=O) groups is 3. The number of ether oxygens (including phenoxy) is 1. The number of hydrogen-bond donors (Lipinski definition) is 2. The van der Waals surface area contributed by atoms with E-state index in [9.17, 15) is 23.9 Å². The molecule has 1 unspecified atom stereocenters. The largest absolute Gasteiger partial charge is 0.481 e. The summed E-state index contributed by atoms with van der Waals surface area (Å²) in [6.07, 6.45) is -0.475. The fourth-order valence-corrected chi connectivity index (χ4v) is 4.31. The molecule has 2 fully saturated rings. The highest BCUT2D eigenvalue weighted by atomic mass is 35.5. The SMILES string of the molecule is O=C(NCC1CN(c2ccc(C3(C(=O)O)CC3)c(F)c2)C(=O)O1)c1ccc(Cl)s1. The Labute approximate surface area is 174 Å². The van der Waals surface area contributed by atoms with E-state index in [1.165, 1.54) is 17.0 Å². The highest BCUT2D eigenvalue weighted by Gasteiger charge is 2.53. The lowest BCUT2D eigenvalue weighted by atomic mass is 9.95. The van der Waals surface area contributed by atoms with Crippen molar-refractivity contribution >= 4 is 46.6 Å². The molecule has 7 nitrogen and oxygen atoms in total. The zero-order chi connectivity index (χ0) is 20.8. The van der Waals surface area contributed by atoms with Gasteiger partial charge in [-0.1, -0.05) is 17.7 Å². The van der Waals surface area contributed by atoms with Gasteiger partial charge in [-0.15, -0.1) is 11.3 Å². The molecule has 152 valence electrons. The van der Waals surface area contributed by atoms with E-state index < -0.39 is 29.4 Å². The lowest BCUT2D eigenvalue weighted by molar-refractivity contribution is -0.140. The van der Waals surface area contributed by atoms with Crippen LogP contribution in [0.2, 0.25) is 4.34 Å². The lowest BCUT2D eigenvalue weighted by Gasteiger charge is -2.16. The standard InChI is InChI=1S/C19H16ClFN2O5S/c20-15-4-3-14(29-15)16(24)22-8-11-9-23(18(27)28-11)10-1-2-12(13(21)7-10)19(5-6-19)17(25)26/h1-4,7,11H,5-6,8-9H2,(H,22,24)(H,25,26). The van der Waals surface area contributed by atoms with Crippen molar-refractivity contribution in [3.63, 3.8) is 0 Å². The molecular formula is C19H16ClFN2O5S. The summed E-state index contributed by atoms with van der Waals surface area (Å²) in [6.45, 7) is 0.229. The van der Waals surface area contributed by atoms with Crippen LogP contribution in [0.1, 0.15) is 28.1 Å². The van der Waals surface area contributed by atoms with E-state index in [1.807, 2.05) is 0 Å². The number of nitrogens with one attached hydrogen (secondary N) is 1. The molecule has 1 atom stereocenters. The molecule has 1 saturated carbocycles. The van der Waals surface area contributed by atoms with Crippen LogP contribution in [0.5, 0.6) is 0 Å². The van der Waals surface area contributed by atoms with Crippen molar-refractivity contribution in [2.75, 3.05) is 18.0 Å². The number of thiophene rings is 1. The van der Waals surface area contributed by atoms with Gasteiger partial charge in [-0.25, -0.2) is 9.18 Å². The molecule has 0 bridgehead atoms. The monoisotopic (exact) mass is 438 g/mol. The second-order valence-electron chi connectivity index (χ2n) is 6.98. The summed E-state index contributed by atoms with van der Waals surface area (Å²) in [5, 5.41) is 12.0. The summed E-state index contributed by atoms with van der Waals surface area (Å²) in [5.74, 6) is -2.04. The minimum Gasteiger partial charge on any atom is -0.481 e. The molecule has 1 aromatic heterocycles. The minimum atomic E-state index is -1.16. The van der Waals surface area contributed by atoms with Crippen LogP contribution in [0.15, 0.2) is 30.3 Å². The third-order valence-electron chi connectivity index (χ3n) is 5.10. The molecule has 2 aromatic rings. The number of rotatable bonds is 6. The fourth-order valence-electron chi connectivity index (χ4n) is 3.35. The first-order valence-corrected chi connectivity index (χ1v) is 10.0. The van der Waals surface area contributed by atoms with Crippen LogP contribution in [0.3, 0.4) is 0 Å². The van der Waals surface area contributed by atoms with Crippen molar-refractivity contribution < 1.29 is 28.6 Å². The number of carboxylic acids is 1. The van der Waals surface area contributed by atoms with Crippen LogP contribution in [-0.2, 0) is 14.9 Å². The molecule has 0 spiro atoms. The predicted molar refractivity (Wildman–Crippen MR) is 104 cm³/mol. The second-order valence-corrected chi connectivity index (χ2v) is 8.70. The van der Waals surface area contributed by atoms with Crippen molar-refractivity contribution in [3.05, 3.63) is 50.9 Å². The lowest BCUT2D eigenvalue weighted by Crippen LogP contribution is -2.34. The van der Waals surface area contributed by atoms with Crippen molar-refractivity contribution in [1.82, 2.24) is 5.32 Å². The summed E-state index contributed by atoms with van der Waals surface area (Å²) in [6, 6.07) is 7.29. The molecule has 1 aliphatic carbocycles. The Balaban J connectivity index is 1.41. The maximum atomic E-state index is 14.6. The van der Waals surface area contributed by atoms with Gasteiger partial charge in [-0.2, -0.15) is 0 Å². The fraction of sp³-hybridized carbons (Fsp3) is 0.316. The quantitative estimate of drug-likeness (QED) is 0.720. The molecule has 1 aliphatic heterocycles. The van der Waals surface area contributed by atoms with Gasteiger partial charge in [-0.3, -0.25) is 14.5 Å². The van der Waals surface area contributed by atoms with Crippen LogP contribution in [0, 0.1) is 5.82 Å². The number of hydrogen-bond acceptors (Lipinski definition) is 5. The predicted octanol–water partition coefficient (Wildman–Crippen LogP) is 3.41. The van der Waals surface area contributed by atoms with E-state index in [-0.39, 0.29) is 30.2 Å². The highest BCUT2D eigenvalue weighted by Crippen LogP contribution is 2.49. The molecular weight excluding hydrogens is 423 g/mol. The maximum Gasteiger partial charge on any atom is 0.414 e. The number of aliphatic carboxylic acids is 1. The zero-order valence-corrected chi connectivity index (χ0v) is 16.6. The molecule has 2 N–H and O–H groups in total. The highest BCUT2D eigenvalue weighted by molar-refractivity contribution is 7.18. The van der Waals surface area contributed by atoms with Crippen molar-refractivity contribution in [3.8, 4) is 0 Å². The van der Waals surface area contributed by atoms with E-state index in [1.54, 1.807) is 12.1 Å². The number of anilines is 1. The first-order valence-electron chi connectivity index (χ1n) is 8.85. The molecule has 4 rings (SSSR count). The first-order chi connectivity index (χ1) is 13.8. The second kappa shape index (κ2) is 7.31. The van der Waals surface area contributed by atoms with E-state index >= 15 is 0 Å². The third kappa shape index (κ3) is 3.67. The Hall–Kier alpha value is -2.65. The van der Waals surface area contributed by atoms with Gasteiger partial charge in [0.05, 0.1) is 33.4 Å². The summed E-state index contributed by atoms with van der Waals surface area (Å²) < 4.78 is 20.3. The summed E-state index contributed by atoms with van der Waals surface area (Å²) in [7, 11) is 0. The average Bonchev–Trinajstić information content (AvgIpc) is 3.24. The van der Waals surface area contributed by atoms with E-state index in [2.05, 4.69) is 5.32 Å². The van der Waals surface area contributed by atoms with Crippen molar-refractivity contribution in [1.29, 1.82) is 0 Å². The van der Waals surface area contributed by atoms with Gasteiger partial charge in [0.25, 0.3) is 5.91 Å². The van der Waals surface area contributed by atoms with Crippen molar-refractivity contribution in [2.24, 2.45) is 0 Å². The van der Waals surface area contributed by atoms with Gasteiger partial charge in [0, 0.05) is 5.56 Å². The zero-order valence-electron chi connectivity index (χ0n) is 15.0. The van der Waals surface area contributed by atoms with E-state index in [0.29, 0.717) is 22.1 Å². The molecule has 29 heavy (non-hydrogen) atoms. The molecule has 2 amide bonds. The van der Waals surface area contributed by atoms with Crippen LogP contribution in [0.25, 0.3) is 0 Å². The van der Waals surface area contributed by atoms with Gasteiger partial charge in [0.2, 0.25) is 0 Å². The van der Waals surface area contributed by atoms with Gasteiger partial charge >= 0.3 is 12.1 Å². The number of benzene rings is 1. The number of carboxylic acid groups (broad SMARTS) is 1. The number of carbonyl (C=O) groups excluding carboxylic acids is 2. The van der Waals surface area contributed by atoms with E-state index in [0.717, 1.165) is 17.4 Å². The molecule has 2 aliphatic rings. The Morgan fingerprint density at radius 3 is 2.69 bits per heavy atom. The minimum absolute atomic E-state index is 0.0965. The third-order valence-corrected chi connectivity index (χ3v) is 6.33. The number of halogens is 2. The Morgan fingerprint density at radius 1 is 1.34 bits per heavy atom. The topological polar surface area (TPSA) is 95.9 Å². The number of nitrogens with zero attached hydrogens (tertiary/aromatic N) is 1.